The Kier molecular flexibility index (Phi) is 14.9. The molecular weight excluding hydrogens is 473 g/mol. The van der Waals surface area contributed by atoms with Crippen LogP contribution in [0.25, 0.3) is 0 Å². The summed E-state index contributed by atoms with van der Waals surface area (Å²) in [5.41, 5.74) is 0. The molecule has 0 rings (SSSR count). The number of esters is 1. The van der Waals surface area contributed by atoms with Gasteiger partial charge in [-0.05, 0) is 6.42 Å². The van der Waals surface area contributed by atoms with Crippen LogP contribution in [-0.2, 0) is 9.53 Å². The third kappa shape index (κ3) is 9.71. The largest absolute Gasteiger partial charge is 0.467 e. The molecule has 0 heterocycles. The van der Waals surface area contributed by atoms with Crippen molar-refractivity contribution in [3.63, 3.8) is 0 Å². The topological polar surface area (TPSA) is 26.3 Å². The number of alkyl halides is 6. The first-order valence-corrected chi connectivity index (χ1v) is 12.0. The van der Waals surface area contributed by atoms with Gasteiger partial charge >= 0.3 is 5.97 Å². The van der Waals surface area contributed by atoms with Gasteiger partial charge in [0.25, 0.3) is 0 Å². The fourth-order valence-corrected chi connectivity index (χ4v) is 4.40. The molecule has 0 spiro atoms. The molecule has 0 aromatic rings. The predicted octanol–water partition coefficient (Wildman–Crippen LogP) is 8.77. The number of hydrogen-bond acceptors (Lipinski definition) is 2. The second-order valence-electron chi connectivity index (χ2n) is 6.98. The van der Waals surface area contributed by atoms with Crippen molar-refractivity contribution in [2.24, 2.45) is 0 Å². The van der Waals surface area contributed by atoms with E-state index in [0.717, 1.165) is 20.0 Å². The molecule has 2 nitrogen and oxygen atoms in total. The highest BCUT2D eigenvalue weighted by Crippen LogP contribution is 2.56. The van der Waals surface area contributed by atoms with Gasteiger partial charge in [-0.1, -0.05) is 154 Å². The number of carbonyl (C=O) groups excluding carboxylic acids is 1. The van der Waals surface area contributed by atoms with E-state index in [1.54, 1.807) is 0 Å². The molecule has 0 N–H and O–H groups in total. The quantitative estimate of drug-likeness (QED) is 0.119. The number of rotatable bonds is 16. The van der Waals surface area contributed by atoms with Crippen LogP contribution in [0.1, 0.15) is 90.4 Å². The van der Waals surface area contributed by atoms with Gasteiger partial charge in [0, 0.05) is 0 Å². The number of carbonyl (C=O) groups is 1. The SMILES string of the molecule is CCCCCCCCCCCCCCC(Cl)(Cl)C(Cl)(Cl)C(Cl)(Cl)C(=O)OC. The lowest BCUT2D eigenvalue weighted by molar-refractivity contribution is -0.141. The van der Waals surface area contributed by atoms with Crippen molar-refractivity contribution in [3.8, 4) is 0 Å². The smallest absolute Gasteiger partial charge is 0.345 e. The summed E-state index contributed by atoms with van der Waals surface area (Å²) in [6.45, 7) is 2.24. The van der Waals surface area contributed by atoms with Crippen molar-refractivity contribution in [1.29, 1.82) is 0 Å². The van der Waals surface area contributed by atoms with Crippen molar-refractivity contribution >= 4 is 75.6 Å². The van der Waals surface area contributed by atoms with Gasteiger partial charge in [0.1, 0.15) is 0 Å². The summed E-state index contributed by atoms with van der Waals surface area (Å²) < 4.78 is -1.55. The molecular formula is C19H32Cl6O2. The molecule has 0 atom stereocenters. The molecule has 0 aromatic carbocycles. The molecule has 0 aliphatic carbocycles. The summed E-state index contributed by atoms with van der Waals surface area (Å²) in [4.78, 5) is 11.7. The standard InChI is InChI=1S/C19H32Cl6O2/c1-3-4-5-6-7-8-9-10-11-12-13-14-15-17(20,21)19(24,25)18(22,23)16(26)27-2/h3-15H2,1-2H3. The molecule has 0 saturated carbocycles. The average Bonchev–Trinajstić information content (AvgIpc) is 2.61. The highest BCUT2D eigenvalue weighted by molar-refractivity contribution is 6.73. The first kappa shape index (κ1) is 28.2. The van der Waals surface area contributed by atoms with Gasteiger partial charge in [-0.3, -0.25) is 0 Å². The zero-order chi connectivity index (χ0) is 21.0. The van der Waals surface area contributed by atoms with Crippen molar-refractivity contribution in [2.75, 3.05) is 7.11 Å². The second kappa shape index (κ2) is 14.3. The van der Waals surface area contributed by atoms with Crippen LogP contribution in [0, 0.1) is 0 Å². The van der Waals surface area contributed by atoms with Crippen molar-refractivity contribution in [3.05, 3.63) is 0 Å². The van der Waals surface area contributed by atoms with Crippen LogP contribution in [-0.4, -0.2) is 26.1 Å². The number of hydrogen-bond donors (Lipinski definition) is 0. The normalized spacial score (nSPS) is 13.0. The van der Waals surface area contributed by atoms with Crippen molar-refractivity contribution < 1.29 is 9.53 Å². The maximum Gasteiger partial charge on any atom is 0.345 e. The Morgan fingerprint density at radius 3 is 1.44 bits per heavy atom. The lowest BCUT2D eigenvalue weighted by atomic mass is 10.0. The molecule has 0 aliphatic heterocycles. The van der Waals surface area contributed by atoms with E-state index < -0.39 is 19.0 Å². The van der Waals surface area contributed by atoms with E-state index >= 15 is 0 Å². The Labute approximate surface area is 194 Å². The third-order valence-corrected chi connectivity index (χ3v) is 8.45. The zero-order valence-electron chi connectivity index (χ0n) is 16.3. The van der Waals surface area contributed by atoms with Gasteiger partial charge in [-0.2, -0.15) is 0 Å². The Morgan fingerprint density at radius 2 is 1.07 bits per heavy atom. The molecule has 0 radical (unpaired) electrons. The van der Waals surface area contributed by atoms with E-state index in [9.17, 15) is 4.79 Å². The Hall–Kier alpha value is 1.21. The van der Waals surface area contributed by atoms with Gasteiger partial charge in [0.05, 0.1) is 7.11 Å². The van der Waals surface area contributed by atoms with Gasteiger partial charge < -0.3 is 4.74 Å². The zero-order valence-corrected chi connectivity index (χ0v) is 20.8. The van der Waals surface area contributed by atoms with Gasteiger partial charge in [-0.15, -0.1) is 0 Å². The third-order valence-electron chi connectivity index (χ3n) is 4.64. The molecule has 0 bridgehead atoms. The Morgan fingerprint density at radius 1 is 0.704 bits per heavy atom. The minimum atomic E-state index is -2.27. The first-order chi connectivity index (χ1) is 12.5. The van der Waals surface area contributed by atoms with Crippen molar-refractivity contribution in [2.45, 2.75) is 103 Å². The maximum absolute atomic E-state index is 11.7. The van der Waals surface area contributed by atoms with Crippen LogP contribution in [0.4, 0.5) is 0 Å². The Bertz CT molecular complexity index is 413. The minimum Gasteiger partial charge on any atom is -0.467 e. The Balaban J connectivity index is 4.01. The maximum atomic E-state index is 11.7. The predicted molar refractivity (Wildman–Crippen MR) is 121 cm³/mol. The lowest BCUT2D eigenvalue weighted by Crippen LogP contribution is -2.54. The summed E-state index contributed by atoms with van der Waals surface area (Å²) >= 11 is 36.8. The van der Waals surface area contributed by atoms with Crippen LogP contribution >= 0.6 is 69.6 Å². The summed E-state index contributed by atoms with van der Waals surface area (Å²) in [6.07, 6.45) is 14.7. The number of methoxy groups -OCH3 is 1. The first-order valence-electron chi connectivity index (χ1n) is 9.76. The van der Waals surface area contributed by atoms with Crippen molar-refractivity contribution in [1.82, 2.24) is 0 Å². The molecule has 0 amide bonds. The summed E-state index contributed by atoms with van der Waals surface area (Å²) in [5.74, 6) is -1.00. The number of halogens is 6. The van der Waals surface area contributed by atoms with Gasteiger partial charge in [0.2, 0.25) is 4.33 Å². The monoisotopic (exact) mass is 502 g/mol. The molecule has 0 aromatic heterocycles. The molecule has 27 heavy (non-hydrogen) atoms. The molecule has 0 saturated heterocycles. The van der Waals surface area contributed by atoms with Crippen LogP contribution in [0.15, 0.2) is 0 Å². The fourth-order valence-electron chi connectivity index (χ4n) is 2.83. The fraction of sp³-hybridized carbons (Fsp3) is 0.947. The highest BCUT2D eigenvalue weighted by Gasteiger charge is 2.64. The highest BCUT2D eigenvalue weighted by atomic mass is 35.5. The summed E-state index contributed by atoms with van der Waals surface area (Å²) in [5, 5.41) is 0. The van der Waals surface area contributed by atoms with Crippen LogP contribution < -0.4 is 0 Å². The van der Waals surface area contributed by atoms with E-state index in [4.69, 9.17) is 69.6 Å². The average molecular weight is 505 g/mol. The van der Waals surface area contributed by atoms with E-state index in [1.165, 1.54) is 57.8 Å². The minimum absolute atomic E-state index is 0.263. The number of unbranched alkanes of at least 4 members (excludes halogenated alkanes) is 11. The van der Waals surface area contributed by atoms with Crippen LogP contribution in [0.2, 0.25) is 0 Å². The molecule has 162 valence electrons. The number of ether oxygens (including phenoxy) is 1. The van der Waals surface area contributed by atoms with Gasteiger partial charge in [0.15, 0.2) is 8.67 Å². The lowest BCUT2D eigenvalue weighted by Gasteiger charge is -2.39. The van der Waals surface area contributed by atoms with Gasteiger partial charge in [-0.25, -0.2) is 4.79 Å². The van der Waals surface area contributed by atoms with E-state index in [1.807, 2.05) is 0 Å². The molecule has 0 aliphatic rings. The van der Waals surface area contributed by atoms with E-state index in [0.29, 0.717) is 6.42 Å². The molecule has 0 fully saturated rings. The summed E-state index contributed by atoms with van der Waals surface area (Å²) in [6, 6.07) is 0. The molecule has 8 heteroatoms. The van der Waals surface area contributed by atoms with Crippen LogP contribution in [0.3, 0.4) is 0 Å². The van der Waals surface area contributed by atoms with E-state index in [2.05, 4.69) is 11.7 Å². The second-order valence-corrected chi connectivity index (χ2v) is 11.1. The van der Waals surface area contributed by atoms with Crippen LogP contribution in [0.5, 0.6) is 0 Å². The molecule has 0 unspecified atom stereocenters. The van der Waals surface area contributed by atoms with E-state index in [-0.39, 0.29) is 6.42 Å². The summed E-state index contributed by atoms with van der Waals surface area (Å²) in [7, 11) is 1.13.